The van der Waals surface area contributed by atoms with Crippen LogP contribution in [0.5, 0.6) is 0 Å². The summed E-state index contributed by atoms with van der Waals surface area (Å²) in [6.07, 6.45) is 7.31. The second-order valence-corrected chi connectivity index (χ2v) is 7.65. The lowest BCUT2D eigenvalue weighted by molar-refractivity contribution is -0.139. The van der Waals surface area contributed by atoms with Crippen LogP contribution in [0.2, 0.25) is 0 Å². The van der Waals surface area contributed by atoms with Crippen LogP contribution in [0.1, 0.15) is 55.9 Å². The average Bonchev–Trinajstić information content (AvgIpc) is 3.11. The second-order valence-electron chi connectivity index (χ2n) is 7.65. The van der Waals surface area contributed by atoms with Gasteiger partial charge in [-0.15, -0.1) is 5.10 Å². The van der Waals surface area contributed by atoms with Crippen molar-refractivity contribution >= 4 is 11.8 Å². The predicted octanol–water partition coefficient (Wildman–Crippen LogP) is 0.882. The molecule has 2 N–H and O–H groups in total. The summed E-state index contributed by atoms with van der Waals surface area (Å²) in [5.74, 6) is 0.196. The third-order valence-corrected chi connectivity index (χ3v) is 5.59. The average molecular weight is 362 g/mol. The van der Waals surface area contributed by atoms with Crippen molar-refractivity contribution in [1.29, 1.82) is 0 Å². The van der Waals surface area contributed by atoms with E-state index in [2.05, 4.69) is 17.2 Å². The van der Waals surface area contributed by atoms with Gasteiger partial charge in [-0.05, 0) is 25.7 Å². The first-order valence-electron chi connectivity index (χ1n) is 9.74. The van der Waals surface area contributed by atoms with Crippen LogP contribution in [-0.4, -0.2) is 69.3 Å². The van der Waals surface area contributed by atoms with E-state index in [1.807, 2.05) is 9.80 Å². The van der Waals surface area contributed by atoms with Crippen molar-refractivity contribution in [2.45, 2.75) is 52.0 Å². The highest BCUT2D eigenvalue weighted by Gasteiger charge is 2.42. The maximum atomic E-state index is 12.9. The van der Waals surface area contributed by atoms with E-state index in [0.717, 1.165) is 51.7 Å². The van der Waals surface area contributed by atoms with Crippen molar-refractivity contribution in [3.05, 3.63) is 11.9 Å². The molecule has 0 bridgehead atoms. The number of piperidine rings is 2. The first-order chi connectivity index (χ1) is 12.6. The number of rotatable bonds is 6. The van der Waals surface area contributed by atoms with Crippen molar-refractivity contribution in [2.24, 2.45) is 11.1 Å². The minimum atomic E-state index is -0.0654. The van der Waals surface area contributed by atoms with Gasteiger partial charge in [0.1, 0.15) is 0 Å². The fourth-order valence-electron chi connectivity index (χ4n) is 4.17. The maximum absolute atomic E-state index is 12.9. The van der Waals surface area contributed by atoms with E-state index in [0.29, 0.717) is 31.7 Å². The van der Waals surface area contributed by atoms with E-state index >= 15 is 0 Å². The van der Waals surface area contributed by atoms with Gasteiger partial charge in [0, 0.05) is 44.6 Å². The van der Waals surface area contributed by atoms with Crippen LogP contribution < -0.4 is 5.73 Å². The zero-order valence-corrected chi connectivity index (χ0v) is 15.7. The van der Waals surface area contributed by atoms with Crippen LogP contribution in [0.25, 0.3) is 0 Å². The highest BCUT2D eigenvalue weighted by atomic mass is 16.2. The van der Waals surface area contributed by atoms with Gasteiger partial charge in [0.2, 0.25) is 5.91 Å². The number of likely N-dealkylation sites (tertiary alicyclic amines) is 2. The Hall–Kier alpha value is -1.96. The lowest BCUT2D eigenvalue weighted by atomic mass is 9.73. The molecule has 1 aromatic heterocycles. The van der Waals surface area contributed by atoms with E-state index in [-0.39, 0.29) is 17.2 Å². The van der Waals surface area contributed by atoms with Crippen molar-refractivity contribution in [3.63, 3.8) is 0 Å². The summed E-state index contributed by atoms with van der Waals surface area (Å²) in [6.45, 7) is 6.21. The van der Waals surface area contributed by atoms with Gasteiger partial charge in [0.25, 0.3) is 5.91 Å². The number of unbranched alkanes of at least 4 members (excludes halogenated alkanes) is 1. The third-order valence-electron chi connectivity index (χ3n) is 5.59. The quantitative estimate of drug-likeness (QED) is 0.810. The molecule has 3 heterocycles. The summed E-state index contributed by atoms with van der Waals surface area (Å²) >= 11 is 0. The number of nitrogens with two attached hydrogens (primary N) is 1. The van der Waals surface area contributed by atoms with E-state index in [9.17, 15) is 9.59 Å². The molecule has 0 aliphatic carbocycles. The van der Waals surface area contributed by atoms with Gasteiger partial charge in [-0.3, -0.25) is 14.3 Å². The molecule has 2 aliphatic heterocycles. The molecule has 1 atom stereocenters. The van der Waals surface area contributed by atoms with Crippen LogP contribution >= 0.6 is 0 Å². The third kappa shape index (κ3) is 4.06. The Morgan fingerprint density at radius 2 is 2.15 bits per heavy atom. The molecule has 3 rings (SSSR count). The SMILES string of the molecule is CCCCN1C[C@@]2(CCCN(C(=O)c3cn(CCN)nn3)C2)CCC1=O. The number of amides is 2. The Labute approximate surface area is 154 Å². The monoisotopic (exact) mass is 362 g/mol. The highest BCUT2D eigenvalue weighted by molar-refractivity contribution is 5.92. The van der Waals surface area contributed by atoms with Crippen LogP contribution in [0.15, 0.2) is 6.20 Å². The van der Waals surface area contributed by atoms with Crippen molar-refractivity contribution < 1.29 is 9.59 Å². The summed E-state index contributed by atoms with van der Waals surface area (Å²) in [4.78, 5) is 29.0. The highest BCUT2D eigenvalue weighted by Crippen LogP contribution is 2.39. The summed E-state index contributed by atoms with van der Waals surface area (Å²) in [6, 6.07) is 0. The molecule has 144 valence electrons. The van der Waals surface area contributed by atoms with Crippen molar-refractivity contribution in [1.82, 2.24) is 24.8 Å². The van der Waals surface area contributed by atoms with Gasteiger partial charge in [0.15, 0.2) is 5.69 Å². The van der Waals surface area contributed by atoms with Crippen molar-refractivity contribution in [2.75, 3.05) is 32.7 Å². The number of aromatic nitrogens is 3. The van der Waals surface area contributed by atoms with Crippen LogP contribution in [0, 0.1) is 5.41 Å². The lowest BCUT2D eigenvalue weighted by Gasteiger charge is -2.48. The first-order valence-corrected chi connectivity index (χ1v) is 9.74. The lowest BCUT2D eigenvalue weighted by Crippen LogP contribution is -2.55. The van der Waals surface area contributed by atoms with Crippen LogP contribution in [-0.2, 0) is 11.3 Å². The summed E-state index contributed by atoms with van der Waals surface area (Å²) in [5, 5.41) is 7.98. The van der Waals surface area contributed by atoms with Gasteiger partial charge in [0.05, 0.1) is 12.7 Å². The van der Waals surface area contributed by atoms with E-state index < -0.39 is 0 Å². The molecule has 0 aromatic carbocycles. The fourth-order valence-corrected chi connectivity index (χ4v) is 4.17. The van der Waals surface area contributed by atoms with E-state index in [1.54, 1.807) is 10.9 Å². The molecule has 2 saturated heterocycles. The van der Waals surface area contributed by atoms with Gasteiger partial charge in [-0.25, -0.2) is 0 Å². The molecule has 8 heteroatoms. The van der Waals surface area contributed by atoms with Crippen LogP contribution in [0.4, 0.5) is 0 Å². The smallest absolute Gasteiger partial charge is 0.276 e. The molecule has 0 radical (unpaired) electrons. The normalized spacial score (nSPS) is 23.7. The first kappa shape index (κ1) is 18.8. The fraction of sp³-hybridized carbons (Fsp3) is 0.778. The van der Waals surface area contributed by atoms with Gasteiger partial charge in [-0.2, -0.15) is 0 Å². The number of hydrogen-bond acceptors (Lipinski definition) is 5. The molecule has 2 fully saturated rings. The molecule has 2 aliphatic rings. The molecule has 2 amide bonds. The Morgan fingerprint density at radius 3 is 2.92 bits per heavy atom. The Kier molecular flexibility index (Phi) is 5.90. The standard InChI is InChI=1S/C18H30N6O2/c1-2-3-9-22-13-18(7-5-16(22)25)6-4-10-23(14-18)17(26)15-12-24(11-8-19)21-20-15/h12H,2-11,13-14,19H2,1H3/t18-/m1/s1. The topological polar surface area (TPSA) is 97.3 Å². The molecule has 1 spiro atoms. The number of carbonyl (C=O) groups excluding carboxylic acids is 2. The molecule has 8 nitrogen and oxygen atoms in total. The van der Waals surface area contributed by atoms with Crippen molar-refractivity contribution in [3.8, 4) is 0 Å². The molecule has 0 unspecified atom stereocenters. The molecular weight excluding hydrogens is 332 g/mol. The number of carbonyl (C=O) groups is 2. The number of nitrogens with zero attached hydrogens (tertiary/aromatic N) is 5. The second kappa shape index (κ2) is 8.16. The zero-order valence-electron chi connectivity index (χ0n) is 15.7. The minimum Gasteiger partial charge on any atom is -0.342 e. The Bertz CT molecular complexity index is 645. The molecule has 1 aromatic rings. The Balaban J connectivity index is 1.67. The van der Waals surface area contributed by atoms with Gasteiger partial charge in [-0.1, -0.05) is 18.6 Å². The summed E-state index contributed by atoms with van der Waals surface area (Å²) < 4.78 is 1.61. The van der Waals surface area contributed by atoms with Gasteiger partial charge < -0.3 is 15.5 Å². The molecule has 0 saturated carbocycles. The summed E-state index contributed by atoms with van der Waals surface area (Å²) in [7, 11) is 0. The summed E-state index contributed by atoms with van der Waals surface area (Å²) in [5.41, 5.74) is 5.94. The predicted molar refractivity (Wildman–Crippen MR) is 97.4 cm³/mol. The molecular formula is C18H30N6O2. The largest absolute Gasteiger partial charge is 0.342 e. The Morgan fingerprint density at radius 1 is 1.31 bits per heavy atom. The zero-order chi connectivity index (χ0) is 18.6. The van der Waals surface area contributed by atoms with Gasteiger partial charge >= 0.3 is 0 Å². The minimum absolute atomic E-state index is 0.0306. The molecule has 26 heavy (non-hydrogen) atoms. The maximum Gasteiger partial charge on any atom is 0.276 e. The van der Waals surface area contributed by atoms with E-state index in [4.69, 9.17) is 5.73 Å². The number of hydrogen-bond donors (Lipinski definition) is 1. The van der Waals surface area contributed by atoms with Crippen LogP contribution in [0.3, 0.4) is 0 Å². The van der Waals surface area contributed by atoms with E-state index in [1.165, 1.54) is 0 Å².